The number of amides is 2. The number of hydrogen-bond acceptors (Lipinski definition) is 7. The number of nitrogens with zero attached hydrogens (tertiary/aromatic N) is 5. The summed E-state index contributed by atoms with van der Waals surface area (Å²) in [5.41, 5.74) is 2.53. The smallest absolute Gasteiger partial charge is 0.322 e. The van der Waals surface area contributed by atoms with Crippen molar-refractivity contribution in [1.29, 1.82) is 0 Å². The Hall–Kier alpha value is -2.46. The Morgan fingerprint density at radius 1 is 1.41 bits per heavy atom. The van der Waals surface area contributed by atoms with Gasteiger partial charge in [-0.1, -0.05) is 5.16 Å². The van der Waals surface area contributed by atoms with E-state index in [2.05, 4.69) is 20.6 Å². The minimum atomic E-state index is -0.194. The summed E-state index contributed by atoms with van der Waals surface area (Å²) in [6, 6.07) is -0.157. The molecule has 0 spiro atoms. The van der Waals surface area contributed by atoms with Crippen molar-refractivity contribution >= 4 is 11.7 Å². The first-order valence-electron chi connectivity index (χ1n) is 9.03. The van der Waals surface area contributed by atoms with Gasteiger partial charge in [-0.05, 0) is 20.8 Å². The van der Waals surface area contributed by atoms with Crippen molar-refractivity contribution in [1.82, 2.24) is 24.8 Å². The Morgan fingerprint density at radius 3 is 2.93 bits per heavy atom. The zero-order valence-corrected chi connectivity index (χ0v) is 16.2. The van der Waals surface area contributed by atoms with E-state index in [9.17, 15) is 4.79 Å². The van der Waals surface area contributed by atoms with E-state index in [0.717, 1.165) is 23.6 Å². The maximum Gasteiger partial charge on any atom is 0.322 e. The van der Waals surface area contributed by atoms with Gasteiger partial charge in [0.25, 0.3) is 0 Å². The molecule has 1 saturated heterocycles. The molecule has 1 unspecified atom stereocenters. The Balaban J connectivity index is 1.60. The first-order valence-corrected chi connectivity index (χ1v) is 9.03. The molecule has 10 heteroatoms. The predicted octanol–water partition coefficient (Wildman–Crippen LogP) is 1.52. The number of aryl methyl sites for hydroxylation is 2. The van der Waals surface area contributed by atoms with Crippen molar-refractivity contribution < 1.29 is 18.8 Å². The highest BCUT2D eigenvalue weighted by Crippen LogP contribution is 2.20. The zero-order valence-electron chi connectivity index (χ0n) is 16.2. The van der Waals surface area contributed by atoms with Crippen molar-refractivity contribution in [3.63, 3.8) is 0 Å². The maximum atomic E-state index is 12.7. The van der Waals surface area contributed by atoms with Crippen molar-refractivity contribution in [2.24, 2.45) is 0 Å². The van der Waals surface area contributed by atoms with Gasteiger partial charge in [-0.25, -0.2) is 4.79 Å². The molecule has 0 radical (unpaired) electrons. The molecule has 2 aromatic heterocycles. The number of morpholine rings is 1. The number of anilines is 1. The van der Waals surface area contributed by atoms with Gasteiger partial charge in [-0.2, -0.15) is 10.1 Å². The Morgan fingerprint density at radius 2 is 2.22 bits per heavy atom. The van der Waals surface area contributed by atoms with Gasteiger partial charge in [0.15, 0.2) is 5.82 Å². The van der Waals surface area contributed by atoms with Crippen LogP contribution in [0, 0.1) is 13.8 Å². The summed E-state index contributed by atoms with van der Waals surface area (Å²) in [4.78, 5) is 18.7. The van der Waals surface area contributed by atoms with Crippen LogP contribution < -0.4 is 5.32 Å². The molecular weight excluding hydrogens is 352 g/mol. The summed E-state index contributed by atoms with van der Waals surface area (Å²) in [5.74, 6) is 0.974. The number of ether oxygens (including phenoxy) is 2. The second-order valence-corrected chi connectivity index (χ2v) is 6.47. The fourth-order valence-electron chi connectivity index (χ4n) is 3.15. The minimum absolute atomic E-state index is 0.157. The third kappa shape index (κ3) is 4.45. The van der Waals surface area contributed by atoms with Crippen LogP contribution in [0.15, 0.2) is 4.52 Å². The monoisotopic (exact) mass is 378 g/mol. The number of hydrogen-bond donors (Lipinski definition) is 1. The second kappa shape index (κ2) is 8.49. The van der Waals surface area contributed by atoms with Crippen LogP contribution in [0.1, 0.15) is 30.0 Å². The van der Waals surface area contributed by atoms with E-state index in [0.29, 0.717) is 44.4 Å². The van der Waals surface area contributed by atoms with E-state index in [1.165, 1.54) is 0 Å². The lowest BCUT2D eigenvalue weighted by atomic mass is 10.2. The van der Waals surface area contributed by atoms with Crippen LogP contribution >= 0.6 is 0 Å². The molecule has 27 heavy (non-hydrogen) atoms. The van der Waals surface area contributed by atoms with Gasteiger partial charge < -0.3 is 24.2 Å². The number of carbonyl (C=O) groups is 1. The van der Waals surface area contributed by atoms with Crippen molar-refractivity contribution in [2.75, 3.05) is 32.1 Å². The average Bonchev–Trinajstić information content (AvgIpc) is 3.21. The molecule has 0 aromatic carbocycles. The van der Waals surface area contributed by atoms with Gasteiger partial charge in [-0.3, -0.25) is 4.68 Å². The molecule has 1 fully saturated rings. The standard InChI is InChI=1S/C17H26N6O4/c1-5-23-12(3)16(11(2)20-23)19-17(24)22-6-7-26-13(9-22)8-15-18-14(10-25-4)21-27-15/h13H,5-10H2,1-4H3,(H,19,24). The van der Waals surface area contributed by atoms with Crippen LogP contribution in [-0.4, -0.2) is 63.8 Å². The molecule has 1 atom stereocenters. The van der Waals surface area contributed by atoms with Crippen LogP contribution in [0.4, 0.5) is 10.5 Å². The van der Waals surface area contributed by atoms with Gasteiger partial charge in [-0.15, -0.1) is 0 Å². The fraction of sp³-hybridized carbons (Fsp3) is 0.647. The van der Waals surface area contributed by atoms with E-state index in [1.54, 1.807) is 12.0 Å². The second-order valence-electron chi connectivity index (χ2n) is 6.47. The van der Waals surface area contributed by atoms with Gasteiger partial charge in [0.1, 0.15) is 6.61 Å². The molecule has 1 aliphatic heterocycles. The number of methoxy groups -OCH3 is 1. The molecule has 1 N–H and O–H groups in total. The zero-order chi connectivity index (χ0) is 19.4. The van der Waals surface area contributed by atoms with Crippen molar-refractivity contribution in [3.05, 3.63) is 23.1 Å². The SMILES string of the molecule is CCn1nc(C)c(NC(=O)N2CCOC(Cc3nc(COC)no3)C2)c1C. The first-order chi connectivity index (χ1) is 13.0. The van der Waals surface area contributed by atoms with Gasteiger partial charge >= 0.3 is 6.03 Å². The van der Waals surface area contributed by atoms with Crippen LogP contribution in [-0.2, 0) is 29.0 Å². The summed E-state index contributed by atoms with van der Waals surface area (Å²) >= 11 is 0. The normalized spacial score (nSPS) is 17.3. The fourth-order valence-corrected chi connectivity index (χ4v) is 3.15. The number of rotatable bonds is 6. The topological polar surface area (TPSA) is 108 Å². The van der Waals surface area contributed by atoms with Crippen LogP contribution in [0.2, 0.25) is 0 Å². The summed E-state index contributed by atoms with van der Waals surface area (Å²) in [6.45, 7) is 8.37. The highest BCUT2D eigenvalue weighted by atomic mass is 16.5. The lowest BCUT2D eigenvalue weighted by Crippen LogP contribution is -2.48. The Bertz CT molecular complexity index is 786. The Labute approximate surface area is 157 Å². The van der Waals surface area contributed by atoms with E-state index in [4.69, 9.17) is 14.0 Å². The molecule has 3 rings (SSSR count). The molecule has 0 saturated carbocycles. The largest absolute Gasteiger partial charge is 0.377 e. The van der Waals surface area contributed by atoms with E-state index in [1.807, 2.05) is 25.5 Å². The molecule has 2 aromatic rings. The number of nitrogens with one attached hydrogen (secondary N) is 1. The summed E-state index contributed by atoms with van der Waals surface area (Å²) in [7, 11) is 1.57. The molecule has 2 amide bonds. The van der Waals surface area contributed by atoms with Crippen LogP contribution in [0.25, 0.3) is 0 Å². The van der Waals surface area contributed by atoms with Crippen LogP contribution in [0.5, 0.6) is 0 Å². The molecule has 0 bridgehead atoms. The average molecular weight is 378 g/mol. The molecule has 10 nitrogen and oxygen atoms in total. The van der Waals surface area contributed by atoms with E-state index < -0.39 is 0 Å². The maximum absolute atomic E-state index is 12.7. The molecule has 3 heterocycles. The lowest BCUT2D eigenvalue weighted by molar-refractivity contribution is -0.0148. The first kappa shape index (κ1) is 19.3. The van der Waals surface area contributed by atoms with Crippen molar-refractivity contribution in [2.45, 2.75) is 46.4 Å². The molecule has 148 valence electrons. The predicted molar refractivity (Wildman–Crippen MR) is 96.4 cm³/mol. The highest BCUT2D eigenvalue weighted by molar-refractivity contribution is 5.90. The molecular formula is C17H26N6O4. The van der Waals surface area contributed by atoms with Crippen LogP contribution in [0.3, 0.4) is 0 Å². The van der Waals surface area contributed by atoms with E-state index >= 15 is 0 Å². The van der Waals surface area contributed by atoms with E-state index in [-0.39, 0.29) is 12.1 Å². The van der Waals surface area contributed by atoms with Gasteiger partial charge in [0.2, 0.25) is 5.89 Å². The number of aromatic nitrogens is 4. The van der Waals surface area contributed by atoms with Gasteiger partial charge in [0.05, 0.1) is 36.2 Å². The summed E-state index contributed by atoms with van der Waals surface area (Å²) < 4.78 is 17.8. The number of urea groups is 1. The molecule has 1 aliphatic rings. The minimum Gasteiger partial charge on any atom is -0.377 e. The Kier molecular flexibility index (Phi) is 6.07. The van der Waals surface area contributed by atoms with Crippen molar-refractivity contribution in [3.8, 4) is 0 Å². The molecule has 0 aliphatic carbocycles. The quantitative estimate of drug-likeness (QED) is 0.812. The summed E-state index contributed by atoms with van der Waals surface area (Å²) in [5, 5.41) is 11.3. The third-order valence-corrected chi connectivity index (χ3v) is 4.52. The number of carbonyl (C=O) groups excluding carboxylic acids is 1. The lowest BCUT2D eigenvalue weighted by Gasteiger charge is -2.32. The third-order valence-electron chi connectivity index (χ3n) is 4.52. The highest BCUT2D eigenvalue weighted by Gasteiger charge is 2.27. The summed E-state index contributed by atoms with van der Waals surface area (Å²) in [6.07, 6.45) is 0.257. The van der Waals surface area contributed by atoms with Gasteiger partial charge in [0, 0.05) is 26.7 Å².